The average Bonchev–Trinajstić information content (AvgIpc) is 2.87. The van der Waals surface area contributed by atoms with Crippen LogP contribution < -0.4 is 5.32 Å². The predicted molar refractivity (Wildman–Crippen MR) is 78.3 cm³/mol. The van der Waals surface area contributed by atoms with E-state index < -0.39 is 0 Å². The van der Waals surface area contributed by atoms with Crippen molar-refractivity contribution in [3.63, 3.8) is 0 Å². The lowest BCUT2D eigenvalue weighted by Gasteiger charge is -2.07. The quantitative estimate of drug-likeness (QED) is 0.787. The number of aromatic nitrogens is 1. The molecular formula is C16H21FN2O. The van der Waals surface area contributed by atoms with Gasteiger partial charge in [-0.2, -0.15) is 0 Å². The predicted octanol–water partition coefficient (Wildman–Crippen LogP) is 2.72. The van der Waals surface area contributed by atoms with E-state index in [1.54, 1.807) is 13.2 Å². The summed E-state index contributed by atoms with van der Waals surface area (Å²) in [5, 5.41) is 3.30. The summed E-state index contributed by atoms with van der Waals surface area (Å²) in [6, 6.07) is 7.00. The van der Waals surface area contributed by atoms with Gasteiger partial charge in [0.05, 0.1) is 6.61 Å². The Balaban J connectivity index is 1.93. The summed E-state index contributed by atoms with van der Waals surface area (Å²) in [5.41, 5.74) is 3.34. The van der Waals surface area contributed by atoms with Crippen LogP contribution >= 0.6 is 0 Å². The van der Waals surface area contributed by atoms with Crippen LogP contribution in [0.4, 0.5) is 4.39 Å². The van der Waals surface area contributed by atoms with Gasteiger partial charge in [-0.1, -0.05) is 6.07 Å². The first-order valence-electron chi connectivity index (χ1n) is 6.78. The Kier molecular flexibility index (Phi) is 5.32. The van der Waals surface area contributed by atoms with Gasteiger partial charge >= 0.3 is 0 Å². The number of methoxy groups -OCH3 is 1. The van der Waals surface area contributed by atoms with Crippen LogP contribution in [0.25, 0.3) is 0 Å². The first-order valence-corrected chi connectivity index (χ1v) is 6.78. The van der Waals surface area contributed by atoms with Crippen LogP contribution in [0.5, 0.6) is 0 Å². The Bertz CT molecular complexity index is 551. The second-order valence-electron chi connectivity index (χ2n) is 4.93. The largest absolute Gasteiger partial charge is 0.383 e. The lowest BCUT2D eigenvalue weighted by molar-refractivity contribution is 0.199. The van der Waals surface area contributed by atoms with Gasteiger partial charge in [0.15, 0.2) is 0 Å². The maximum Gasteiger partial charge on any atom is 0.123 e. The zero-order valence-electron chi connectivity index (χ0n) is 12.0. The maximum absolute atomic E-state index is 13.3. The zero-order chi connectivity index (χ0) is 14.4. The highest BCUT2D eigenvalue weighted by Crippen LogP contribution is 2.13. The van der Waals surface area contributed by atoms with E-state index in [0.29, 0.717) is 13.2 Å². The summed E-state index contributed by atoms with van der Waals surface area (Å²) < 4.78 is 20.3. The molecule has 1 N–H and O–H groups in total. The fraction of sp³-hybridized carbons (Fsp3) is 0.375. The minimum atomic E-state index is -0.181. The summed E-state index contributed by atoms with van der Waals surface area (Å²) in [4.78, 5) is 0. The fourth-order valence-electron chi connectivity index (χ4n) is 2.11. The minimum Gasteiger partial charge on any atom is -0.383 e. The molecule has 2 rings (SSSR count). The van der Waals surface area contributed by atoms with Crippen LogP contribution in [-0.4, -0.2) is 24.8 Å². The van der Waals surface area contributed by atoms with Crippen molar-refractivity contribution in [1.82, 2.24) is 9.88 Å². The maximum atomic E-state index is 13.3. The van der Waals surface area contributed by atoms with Crippen molar-refractivity contribution >= 4 is 0 Å². The van der Waals surface area contributed by atoms with Crippen molar-refractivity contribution in [3.8, 4) is 0 Å². The average molecular weight is 276 g/mol. The number of nitrogens with zero attached hydrogens (tertiary/aromatic N) is 1. The molecule has 4 heteroatoms. The van der Waals surface area contributed by atoms with Crippen molar-refractivity contribution in [3.05, 3.63) is 59.2 Å². The lowest BCUT2D eigenvalue weighted by atomic mass is 10.1. The van der Waals surface area contributed by atoms with Crippen molar-refractivity contribution < 1.29 is 9.13 Å². The van der Waals surface area contributed by atoms with Crippen LogP contribution in [0, 0.1) is 12.7 Å². The van der Waals surface area contributed by atoms with E-state index in [1.165, 1.54) is 11.6 Å². The van der Waals surface area contributed by atoms with Gasteiger partial charge in [-0.15, -0.1) is 0 Å². The first-order chi connectivity index (χ1) is 9.69. The number of hydrogen-bond acceptors (Lipinski definition) is 2. The molecule has 0 aliphatic carbocycles. The molecule has 0 saturated heterocycles. The molecule has 20 heavy (non-hydrogen) atoms. The standard InChI is InChI=1S/C16H21FN2O/c1-13-3-4-16(17)9-15(13)12-19-7-5-14(11-19)10-18-6-8-20-2/h3-5,7,9,11,18H,6,8,10,12H2,1-2H3. The number of hydrogen-bond donors (Lipinski definition) is 1. The molecule has 2 aromatic rings. The third kappa shape index (κ3) is 4.18. The Morgan fingerprint density at radius 3 is 2.95 bits per heavy atom. The number of ether oxygens (including phenoxy) is 1. The topological polar surface area (TPSA) is 26.2 Å². The molecular weight excluding hydrogens is 255 g/mol. The number of aryl methyl sites for hydroxylation is 1. The highest BCUT2D eigenvalue weighted by Gasteiger charge is 2.03. The molecule has 0 atom stereocenters. The number of benzene rings is 1. The van der Waals surface area contributed by atoms with Crippen LogP contribution in [0.15, 0.2) is 36.7 Å². The third-order valence-electron chi connectivity index (χ3n) is 3.29. The van der Waals surface area contributed by atoms with Gasteiger partial charge < -0.3 is 14.6 Å². The Labute approximate surface area is 119 Å². The molecule has 0 saturated carbocycles. The van der Waals surface area contributed by atoms with Gasteiger partial charge in [-0.05, 0) is 41.8 Å². The minimum absolute atomic E-state index is 0.181. The summed E-state index contributed by atoms with van der Waals surface area (Å²) in [6.07, 6.45) is 4.11. The SMILES string of the molecule is COCCNCc1ccn(Cc2cc(F)ccc2C)c1. The van der Waals surface area contributed by atoms with E-state index in [9.17, 15) is 4.39 Å². The highest BCUT2D eigenvalue weighted by atomic mass is 19.1. The van der Waals surface area contributed by atoms with E-state index >= 15 is 0 Å². The first kappa shape index (κ1) is 14.8. The molecule has 1 aromatic heterocycles. The summed E-state index contributed by atoms with van der Waals surface area (Å²) in [7, 11) is 1.69. The molecule has 0 radical (unpaired) electrons. The van der Waals surface area contributed by atoms with Gasteiger partial charge in [0, 0.05) is 39.1 Å². The van der Waals surface area contributed by atoms with Gasteiger partial charge in [0.25, 0.3) is 0 Å². The molecule has 0 aliphatic rings. The summed E-state index contributed by atoms with van der Waals surface area (Å²) >= 11 is 0. The number of halogens is 1. The molecule has 0 aliphatic heterocycles. The Morgan fingerprint density at radius 2 is 2.15 bits per heavy atom. The van der Waals surface area contributed by atoms with Crippen LogP contribution in [0.3, 0.4) is 0 Å². The normalized spacial score (nSPS) is 10.9. The molecule has 108 valence electrons. The van der Waals surface area contributed by atoms with E-state index in [1.807, 2.05) is 19.2 Å². The number of nitrogens with one attached hydrogen (secondary N) is 1. The summed E-state index contributed by atoms with van der Waals surface area (Å²) in [6.45, 7) is 5.07. The molecule has 1 aromatic carbocycles. The van der Waals surface area contributed by atoms with E-state index in [2.05, 4.69) is 22.1 Å². The molecule has 0 fully saturated rings. The van der Waals surface area contributed by atoms with E-state index in [-0.39, 0.29) is 5.82 Å². The fourth-order valence-corrected chi connectivity index (χ4v) is 2.11. The van der Waals surface area contributed by atoms with Gasteiger partial charge in [-0.3, -0.25) is 0 Å². The second-order valence-corrected chi connectivity index (χ2v) is 4.93. The molecule has 0 spiro atoms. The van der Waals surface area contributed by atoms with Crippen molar-refractivity contribution in [2.75, 3.05) is 20.3 Å². The summed E-state index contributed by atoms with van der Waals surface area (Å²) in [5.74, 6) is -0.181. The Hall–Kier alpha value is -1.65. The monoisotopic (exact) mass is 276 g/mol. The molecule has 0 bridgehead atoms. The lowest BCUT2D eigenvalue weighted by Crippen LogP contribution is -2.18. The second kappa shape index (κ2) is 7.22. The van der Waals surface area contributed by atoms with Crippen molar-refractivity contribution in [2.24, 2.45) is 0 Å². The molecule has 0 amide bonds. The number of rotatable bonds is 7. The van der Waals surface area contributed by atoms with E-state index in [0.717, 1.165) is 24.2 Å². The van der Waals surface area contributed by atoms with Crippen molar-refractivity contribution in [1.29, 1.82) is 0 Å². The van der Waals surface area contributed by atoms with Crippen LogP contribution in [0.2, 0.25) is 0 Å². The van der Waals surface area contributed by atoms with Crippen LogP contribution in [0.1, 0.15) is 16.7 Å². The zero-order valence-corrected chi connectivity index (χ0v) is 12.0. The van der Waals surface area contributed by atoms with Gasteiger partial charge in [0.1, 0.15) is 5.82 Å². The molecule has 3 nitrogen and oxygen atoms in total. The third-order valence-corrected chi connectivity index (χ3v) is 3.29. The Morgan fingerprint density at radius 1 is 1.30 bits per heavy atom. The van der Waals surface area contributed by atoms with Crippen molar-refractivity contribution in [2.45, 2.75) is 20.0 Å². The highest BCUT2D eigenvalue weighted by molar-refractivity contribution is 5.27. The van der Waals surface area contributed by atoms with E-state index in [4.69, 9.17) is 4.74 Å². The van der Waals surface area contributed by atoms with Crippen LogP contribution in [-0.2, 0) is 17.8 Å². The van der Waals surface area contributed by atoms with Gasteiger partial charge in [0.2, 0.25) is 0 Å². The molecule has 0 unspecified atom stereocenters. The molecule has 1 heterocycles. The van der Waals surface area contributed by atoms with Gasteiger partial charge in [-0.25, -0.2) is 4.39 Å². The smallest absolute Gasteiger partial charge is 0.123 e.